The molecular weight excluding hydrogens is 352 g/mol. The van der Waals surface area contributed by atoms with Gasteiger partial charge in [0.2, 0.25) is 0 Å². The maximum absolute atomic E-state index is 10.4. The van der Waals surface area contributed by atoms with Crippen LogP contribution < -0.4 is 10.5 Å². The van der Waals surface area contributed by atoms with Gasteiger partial charge in [-0.15, -0.1) is 22.7 Å². The van der Waals surface area contributed by atoms with Crippen LogP contribution in [0, 0.1) is 10.1 Å². The second kappa shape index (κ2) is 9.78. The van der Waals surface area contributed by atoms with Gasteiger partial charge in [0, 0.05) is 4.90 Å². The fourth-order valence-corrected chi connectivity index (χ4v) is 1.65. The van der Waals surface area contributed by atoms with Crippen LogP contribution in [-0.4, -0.2) is 22.3 Å². The molecular formula is C15H14N2O7S. The number of hydrogen-bond donors (Lipinski definition) is 3. The molecule has 2 aromatic carbocycles. The van der Waals surface area contributed by atoms with Crippen LogP contribution in [0.1, 0.15) is 15.9 Å². The van der Waals surface area contributed by atoms with Crippen LogP contribution in [0.25, 0.3) is 0 Å². The third kappa shape index (κ3) is 8.23. The van der Waals surface area contributed by atoms with Crippen molar-refractivity contribution >= 4 is 24.7 Å². The highest BCUT2D eigenvalue weighted by molar-refractivity contribution is 7.80. The number of primary amides is 1. The van der Waals surface area contributed by atoms with Crippen LogP contribution >= 0.6 is 12.6 Å². The van der Waals surface area contributed by atoms with Gasteiger partial charge in [-0.05, 0) is 42.0 Å². The minimum atomic E-state index is -0.913. The second-order valence-electron chi connectivity index (χ2n) is 4.41. The Bertz CT molecular complexity index is 733. The van der Waals surface area contributed by atoms with E-state index in [1.54, 1.807) is 12.1 Å². The van der Waals surface area contributed by atoms with E-state index in [9.17, 15) is 19.7 Å². The van der Waals surface area contributed by atoms with E-state index in [1.807, 2.05) is 0 Å². The number of thiol groups is 1. The molecule has 2 rings (SSSR count). The molecule has 132 valence electrons. The molecule has 1 amide bonds. The van der Waals surface area contributed by atoms with Gasteiger partial charge >= 0.3 is 12.1 Å². The lowest BCUT2D eigenvalue weighted by Gasteiger charge is -2.02. The summed E-state index contributed by atoms with van der Waals surface area (Å²) >= 11 is 4.01. The first-order valence-corrected chi connectivity index (χ1v) is 7.08. The maximum atomic E-state index is 10.4. The third-order valence-corrected chi connectivity index (χ3v) is 2.89. The highest BCUT2D eigenvalue weighted by atomic mass is 32.1. The second-order valence-corrected chi connectivity index (χ2v) is 4.93. The highest BCUT2D eigenvalue weighted by Crippen LogP contribution is 2.12. The monoisotopic (exact) mass is 366 g/mol. The Labute approximate surface area is 147 Å². The summed E-state index contributed by atoms with van der Waals surface area (Å²) in [6, 6.07) is 12.3. The number of nitrogens with zero attached hydrogens (tertiary/aromatic N) is 1. The number of hydrogen-bond acceptors (Lipinski definition) is 7. The Morgan fingerprint density at radius 1 is 1.12 bits per heavy atom. The zero-order chi connectivity index (χ0) is 18.8. The molecule has 9 nitrogen and oxygen atoms in total. The Balaban J connectivity index is 0.000000271. The van der Waals surface area contributed by atoms with E-state index >= 15 is 0 Å². The Morgan fingerprint density at radius 3 is 2.12 bits per heavy atom. The van der Waals surface area contributed by atoms with Crippen molar-refractivity contribution in [1.82, 2.24) is 0 Å². The standard InChI is InChI=1S/C8H8N2O5.C7H6O2S/c9-8(11)15-7-3-1-6(2-4-7)5-14-10(12)13;8-7(9)5-1-3-6(10)4-2-5/h1-4H,5H2,(H2,9,11);1-4,10H,(H,8,9). The summed E-state index contributed by atoms with van der Waals surface area (Å²) in [5.41, 5.74) is 5.66. The van der Waals surface area contributed by atoms with Crippen LogP contribution in [0.4, 0.5) is 4.79 Å². The Hall–Kier alpha value is -3.27. The molecule has 0 saturated heterocycles. The van der Waals surface area contributed by atoms with Crippen LogP contribution in [-0.2, 0) is 11.4 Å². The van der Waals surface area contributed by atoms with E-state index < -0.39 is 17.1 Å². The van der Waals surface area contributed by atoms with E-state index in [1.165, 1.54) is 36.4 Å². The summed E-state index contributed by atoms with van der Waals surface area (Å²) in [4.78, 5) is 35.4. The van der Waals surface area contributed by atoms with Crippen molar-refractivity contribution in [3.63, 3.8) is 0 Å². The molecule has 0 aromatic heterocycles. The van der Waals surface area contributed by atoms with Crippen molar-refractivity contribution < 1.29 is 29.4 Å². The lowest BCUT2D eigenvalue weighted by molar-refractivity contribution is -0.763. The SMILES string of the molecule is NC(=O)Oc1ccc(CO[N+](=O)[O-])cc1.O=C(O)c1ccc(S)cc1. The molecule has 0 aliphatic rings. The number of carboxylic acid groups (broad SMARTS) is 1. The number of aromatic carboxylic acids is 1. The zero-order valence-electron chi connectivity index (χ0n) is 12.7. The number of carbonyl (C=O) groups is 2. The van der Waals surface area contributed by atoms with Crippen molar-refractivity contribution in [2.45, 2.75) is 11.5 Å². The van der Waals surface area contributed by atoms with Crippen LogP contribution in [0.2, 0.25) is 0 Å². The molecule has 0 bridgehead atoms. The summed E-state index contributed by atoms with van der Waals surface area (Å²) < 4.78 is 4.56. The average molecular weight is 366 g/mol. The molecule has 0 spiro atoms. The highest BCUT2D eigenvalue weighted by Gasteiger charge is 2.01. The van der Waals surface area contributed by atoms with E-state index in [0.717, 1.165) is 4.90 Å². The lowest BCUT2D eigenvalue weighted by atomic mass is 10.2. The van der Waals surface area contributed by atoms with Gasteiger partial charge in [-0.2, -0.15) is 0 Å². The number of benzene rings is 2. The predicted molar refractivity (Wildman–Crippen MR) is 89.1 cm³/mol. The first-order chi connectivity index (χ1) is 11.8. The molecule has 0 unspecified atom stereocenters. The lowest BCUT2D eigenvalue weighted by Crippen LogP contribution is -2.16. The zero-order valence-corrected chi connectivity index (χ0v) is 13.6. The van der Waals surface area contributed by atoms with Gasteiger partial charge in [-0.3, -0.25) is 0 Å². The fourth-order valence-electron chi connectivity index (χ4n) is 1.50. The smallest absolute Gasteiger partial charge is 0.409 e. The van der Waals surface area contributed by atoms with Crippen molar-refractivity contribution in [3.05, 3.63) is 69.8 Å². The molecule has 0 heterocycles. The van der Waals surface area contributed by atoms with Crippen molar-refractivity contribution in [3.8, 4) is 5.75 Å². The molecule has 0 radical (unpaired) electrons. The molecule has 2 aromatic rings. The number of rotatable bonds is 5. The van der Waals surface area contributed by atoms with Gasteiger partial charge in [-0.25, -0.2) is 9.59 Å². The minimum absolute atomic E-state index is 0.149. The number of carbonyl (C=O) groups excluding carboxylic acids is 1. The molecule has 3 N–H and O–H groups in total. The van der Waals surface area contributed by atoms with E-state index in [0.29, 0.717) is 5.56 Å². The molecule has 0 aliphatic heterocycles. The molecule has 0 atom stereocenters. The van der Waals surface area contributed by atoms with Crippen molar-refractivity contribution in [2.75, 3.05) is 0 Å². The van der Waals surface area contributed by atoms with Gasteiger partial charge in [0.15, 0.2) is 0 Å². The Morgan fingerprint density at radius 2 is 1.68 bits per heavy atom. The van der Waals surface area contributed by atoms with E-state index in [4.69, 9.17) is 10.8 Å². The molecule has 0 fully saturated rings. The van der Waals surface area contributed by atoms with Gasteiger partial charge in [0.05, 0.1) is 5.56 Å². The topological polar surface area (TPSA) is 142 Å². The summed E-state index contributed by atoms with van der Waals surface area (Å²) in [6.45, 7) is -0.149. The summed E-state index contributed by atoms with van der Waals surface area (Å²) in [5, 5.41) is 17.5. The number of ether oxygens (including phenoxy) is 1. The fraction of sp³-hybridized carbons (Fsp3) is 0.0667. The van der Waals surface area contributed by atoms with E-state index in [2.05, 4.69) is 22.2 Å². The first kappa shape index (κ1) is 19.8. The van der Waals surface area contributed by atoms with Crippen LogP contribution in [0.3, 0.4) is 0 Å². The molecule has 10 heteroatoms. The average Bonchev–Trinajstić information content (AvgIpc) is 2.54. The number of carboxylic acids is 1. The normalized spacial score (nSPS) is 9.32. The number of amides is 1. The quantitative estimate of drug-likeness (QED) is 0.419. The Kier molecular flexibility index (Phi) is 7.73. The first-order valence-electron chi connectivity index (χ1n) is 6.64. The van der Waals surface area contributed by atoms with Crippen LogP contribution in [0.15, 0.2) is 53.4 Å². The summed E-state index contributed by atoms with van der Waals surface area (Å²) in [5.74, 6) is -0.638. The summed E-state index contributed by atoms with van der Waals surface area (Å²) in [7, 11) is 0. The van der Waals surface area contributed by atoms with Gasteiger partial charge in [0.1, 0.15) is 12.4 Å². The third-order valence-electron chi connectivity index (χ3n) is 2.59. The largest absolute Gasteiger partial charge is 0.478 e. The van der Waals surface area contributed by atoms with Gasteiger partial charge < -0.3 is 20.4 Å². The summed E-state index contributed by atoms with van der Waals surface area (Å²) in [6.07, 6.45) is -0.913. The van der Waals surface area contributed by atoms with Crippen molar-refractivity contribution in [1.29, 1.82) is 0 Å². The van der Waals surface area contributed by atoms with Crippen molar-refractivity contribution in [2.24, 2.45) is 5.73 Å². The predicted octanol–water partition coefficient (Wildman–Crippen LogP) is 2.53. The van der Waals surface area contributed by atoms with E-state index in [-0.39, 0.29) is 17.9 Å². The van der Waals surface area contributed by atoms with Gasteiger partial charge in [-0.1, -0.05) is 12.1 Å². The van der Waals surface area contributed by atoms with Crippen LogP contribution in [0.5, 0.6) is 5.75 Å². The molecule has 0 saturated carbocycles. The minimum Gasteiger partial charge on any atom is -0.478 e. The van der Waals surface area contributed by atoms with Gasteiger partial charge in [0.25, 0.3) is 5.09 Å². The molecule has 25 heavy (non-hydrogen) atoms. The molecule has 0 aliphatic carbocycles. The maximum Gasteiger partial charge on any atom is 0.409 e. The number of nitrogens with two attached hydrogens (primary N) is 1.